The zero-order valence-corrected chi connectivity index (χ0v) is 15.3. The zero-order chi connectivity index (χ0) is 20.3. The van der Waals surface area contributed by atoms with Gasteiger partial charge in [-0.05, 0) is 37.1 Å². The smallest absolute Gasteiger partial charge is 0.351 e. The molecule has 0 aliphatic carbocycles. The molecule has 9 nitrogen and oxygen atoms in total. The standard InChI is InChI=1S/C19H18N2O7/c1-11-7-8-13(21(24)25)18(12(11)2)20-17(22)10-27-19(23)16-9-26-14-5-3-4-6-15(14)28-16/h3-8,16H,9-10H2,1-2H3,(H,20,22)/t16-/m0/s1. The molecule has 2 aromatic carbocycles. The summed E-state index contributed by atoms with van der Waals surface area (Å²) in [5.41, 5.74) is 1.19. The number of nitro groups is 1. The number of para-hydroxylation sites is 2. The highest BCUT2D eigenvalue weighted by Gasteiger charge is 2.29. The van der Waals surface area contributed by atoms with Crippen LogP contribution in [0.3, 0.4) is 0 Å². The summed E-state index contributed by atoms with van der Waals surface area (Å²) in [6.07, 6.45) is -1.00. The molecule has 1 amide bonds. The van der Waals surface area contributed by atoms with E-state index >= 15 is 0 Å². The van der Waals surface area contributed by atoms with Gasteiger partial charge in [0.15, 0.2) is 18.1 Å². The molecule has 9 heteroatoms. The van der Waals surface area contributed by atoms with Gasteiger partial charge in [0, 0.05) is 6.07 Å². The van der Waals surface area contributed by atoms with Crippen LogP contribution in [0, 0.1) is 24.0 Å². The first-order valence-corrected chi connectivity index (χ1v) is 8.46. The largest absolute Gasteiger partial charge is 0.485 e. The van der Waals surface area contributed by atoms with Crippen LogP contribution in [-0.2, 0) is 14.3 Å². The Bertz CT molecular complexity index is 942. The Kier molecular flexibility index (Phi) is 5.44. The summed E-state index contributed by atoms with van der Waals surface area (Å²) in [7, 11) is 0. The van der Waals surface area contributed by atoms with E-state index in [-0.39, 0.29) is 18.0 Å². The number of anilines is 1. The van der Waals surface area contributed by atoms with E-state index < -0.39 is 29.5 Å². The Morgan fingerprint density at radius 1 is 1.21 bits per heavy atom. The average molecular weight is 386 g/mol. The van der Waals surface area contributed by atoms with Gasteiger partial charge in [0.2, 0.25) is 6.10 Å². The average Bonchev–Trinajstić information content (AvgIpc) is 2.69. The number of benzene rings is 2. The van der Waals surface area contributed by atoms with Gasteiger partial charge in [-0.1, -0.05) is 18.2 Å². The molecule has 0 bridgehead atoms. The van der Waals surface area contributed by atoms with Crippen molar-refractivity contribution in [3.63, 3.8) is 0 Å². The van der Waals surface area contributed by atoms with Crippen molar-refractivity contribution in [2.45, 2.75) is 20.0 Å². The maximum Gasteiger partial charge on any atom is 0.351 e. The van der Waals surface area contributed by atoms with E-state index in [1.807, 2.05) is 0 Å². The monoisotopic (exact) mass is 386 g/mol. The van der Waals surface area contributed by atoms with E-state index in [0.717, 1.165) is 5.56 Å². The topological polar surface area (TPSA) is 117 Å². The number of nitrogens with zero attached hydrogens (tertiary/aromatic N) is 1. The zero-order valence-electron chi connectivity index (χ0n) is 15.3. The second-order valence-electron chi connectivity index (χ2n) is 6.18. The van der Waals surface area contributed by atoms with E-state index in [9.17, 15) is 19.7 Å². The number of fused-ring (bicyclic) bond motifs is 1. The summed E-state index contributed by atoms with van der Waals surface area (Å²) >= 11 is 0. The van der Waals surface area contributed by atoms with Crippen LogP contribution in [-0.4, -0.2) is 36.1 Å². The molecule has 146 valence electrons. The third-order valence-electron chi connectivity index (χ3n) is 4.29. The van der Waals surface area contributed by atoms with Crippen molar-refractivity contribution in [1.82, 2.24) is 0 Å². The fourth-order valence-electron chi connectivity index (χ4n) is 2.65. The number of amides is 1. The molecule has 0 saturated carbocycles. The molecule has 1 N–H and O–H groups in total. The summed E-state index contributed by atoms with van der Waals surface area (Å²) < 4.78 is 15.9. The fraction of sp³-hybridized carbons (Fsp3) is 0.263. The lowest BCUT2D eigenvalue weighted by Gasteiger charge is -2.24. The summed E-state index contributed by atoms with van der Waals surface area (Å²) in [4.78, 5) is 34.9. The quantitative estimate of drug-likeness (QED) is 0.477. The number of esters is 1. The number of carbonyl (C=O) groups excluding carboxylic acids is 2. The third kappa shape index (κ3) is 4.03. The van der Waals surface area contributed by atoms with Gasteiger partial charge in [0.1, 0.15) is 12.3 Å². The molecule has 0 radical (unpaired) electrons. The maximum atomic E-state index is 12.2. The Morgan fingerprint density at radius 2 is 1.93 bits per heavy atom. The lowest BCUT2D eigenvalue weighted by Crippen LogP contribution is -2.39. The molecule has 0 aromatic heterocycles. The molecule has 2 aromatic rings. The summed E-state index contributed by atoms with van der Waals surface area (Å²) in [6, 6.07) is 9.79. The van der Waals surface area contributed by atoms with Crippen molar-refractivity contribution in [2.75, 3.05) is 18.5 Å². The van der Waals surface area contributed by atoms with Crippen LogP contribution in [0.25, 0.3) is 0 Å². The van der Waals surface area contributed by atoms with Gasteiger partial charge in [0.05, 0.1) is 4.92 Å². The molecule has 0 saturated heterocycles. The van der Waals surface area contributed by atoms with E-state index in [4.69, 9.17) is 14.2 Å². The predicted octanol–water partition coefficient (Wildman–Crippen LogP) is 2.53. The van der Waals surface area contributed by atoms with Crippen LogP contribution in [0.4, 0.5) is 11.4 Å². The van der Waals surface area contributed by atoms with E-state index in [2.05, 4.69) is 5.32 Å². The number of nitrogens with one attached hydrogen (secondary N) is 1. The van der Waals surface area contributed by atoms with Gasteiger partial charge in [-0.3, -0.25) is 14.9 Å². The molecular weight excluding hydrogens is 368 g/mol. The first-order chi connectivity index (χ1) is 13.4. The minimum absolute atomic E-state index is 0.0417. The number of ether oxygens (including phenoxy) is 3. The molecule has 1 atom stereocenters. The highest BCUT2D eigenvalue weighted by molar-refractivity contribution is 5.96. The van der Waals surface area contributed by atoms with Crippen LogP contribution in [0.5, 0.6) is 11.5 Å². The number of carbonyl (C=O) groups is 2. The van der Waals surface area contributed by atoms with Gasteiger partial charge in [-0.15, -0.1) is 0 Å². The molecule has 1 heterocycles. The van der Waals surface area contributed by atoms with E-state index in [1.54, 1.807) is 44.2 Å². The second-order valence-corrected chi connectivity index (χ2v) is 6.18. The predicted molar refractivity (Wildman–Crippen MR) is 98.5 cm³/mol. The van der Waals surface area contributed by atoms with Gasteiger partial charge < -0.3 is 19.5 Å². The van der Waals surface area contributed by atoms with E-state index in [1.165, 1.54) is 6.07 Å². The van der Waals surface area contributed by atoms with Gasteiger partial charge in [-0.25, -0.2) is 4.79 Å². The summed E-state index contributed by atoms with van der Waals surface area (Å²) in [5, 5.41) is 13.6. The van der Waals surface area contributed by atoms with Gasteiger partial charge >= 0.3 is 5.97 Å². The lowest BCUT2D eigenvalue weighted by atomic mass is 10.1. The number of hydrogen-bond acceptors (Lipinski definition) is 7. The van der Waals surface area contributed by atoms with Crippen molar-refractivity contribution in [1.29, 1.82) is 0 Å². The third-order valence-corrected chi connectivity index (χ3v) is 4.29. The van der Waals surface area contributed by atoms with Crippen molar-refractivity contribution in [2.24, 2.45) is 0 Å². The summed E-state index contributed by atoms with van der Waals surface area (Å²) in [6.45, 7) is 2.78. The minimum Gasteiger partial charge on any atom is -0.485 e. The first kappa shape index (κ1) is 19.2. The van der Waals surface area contributed by atoms with Gasteiger partial charge in [-0.2, -0.15) is 0 Å². The lowest BCUT2D eigenvalue weighted by molar-refractivity contribution is -0.384. The minimum atomic E-state index is -1.00. The van der Waals surface area contributed by atoms with Crippen LogP contribution in [0.15, 0.2) is 36.4 Å². The van der Waals surface area contributed by atoms with Crippen LogP contribution in [0.2, 0.25) is 0 Å². The fourth-order valence-corrected chi connectivity index (χ4v) is 2.65. The van der Waals surface area contributed by atoms with Crippen LogP contribution < -0.4 is 14.8 Å². The van der Waals surface area contributed by atoms with Gasteiger partial charge in [0.25, 0.3) is 11.6 Å². The normalized spacial score (nSPS) is 14.9. The second kappa shape index (κ2) is 7.95. The first-order valence-electron chi connectivity index (χ1n) is 8.46. The van der Waals surface area contributed by atoms with Crippen molar-refractivity contribution < 1.29 is 28.7 Å². The molecule has 1 aliphatic rings. The van der Waals surface area contributed by atoms with Crippen molar-refractivity contribution >= 4 is 23.3 Å². The van der Waals surface area contributed by atoms with Crippen LogP contribution in [0.1, 0.15) is 11.1 Å². The maximum absolute atomic E-state index is 12.2. The Morgan fingerprint density at radius 3 is 2.64 bits per heavy atom. The summed E-state index contributed by atoms with van der Waals surface area (Å²) in [5.74, 6) is -0.528. The number of rotatable bonds is 5. The molecule has 0 unspecified atom stereocenters. The molecule has 0 spiro atoms. The highest BCUT2D eigenvalue weighted by atomic mass is 16.6. The Labute approximate surface area is 160 Å². The van der Waals surface area contributed by atoms with Crippen molar-refractivity contribution in [3.05, 3.63) is 57.6 Å². The number of aryl methyl sites for hydroxylation is 1. The Hall–Kier alpha value is -3.62. The van der Waals surface area contributed by atoms with Crippen molar-refractivity contribution in [3.8, 4) is 11.5 Å². The number of hydrogen-bond donors (Lipinski definition) is 1. The van der Waals surface area contributed by atoms with Crippen LogP contribution >= 0.6 is 0 Å². The van der Waals surface area contributed by atoms with E-state index in [0.29, 0.717) is 17.1 Å². The molecule has 3 rings (SSSR count). The highest BCUT2D eigenvalue weighted by Crippen LogP contribution is 2.31. The molecule has 0 fully saturated rings. The SMILES string of the molecule is Cc1ccc([N+](=O)[O-])c(NC(=O)COC(=O)[C@@H]2COc3ccccc3O2)c1C. The Balaban J connectivity index is 1.60. The molecular formula is C19H18N2O7. The molecule has 1 aliphatic heterocycles. The number of nitro benzene ring substituents is 1. The molecule has 28 heavy (non-hydrogen) atoms.